The number of phenolic OH excluding ortho intramolecular Hbond substituents is 2. The highest BCUT2D eigenvalue weighted by Gasteiger charge is 2.29. The van der Waals surface area contributed by atoms with E-state index < -0.39 is 4.92 Å². The Balaban J connectivity index is 1.26. The van der Waals surface area contributed by atoms with E-state index in [9.17, 15) is 20.3 Å². The fraction of sp³-hybridized carbons (Fsp3) is 0.500. The van der Waals surface area contributed by atoms with E-state index in [2.05, 4.69) is 5.32 Å². The van der Waals surface area contributed by atoms with Crippen LogP contribution in [0.15, 0.2) is 36.4 Å². The molecule has 0 aliphatic heterocycles. The average Bonchev–Trinajstić information content (AvgIpc) is 2.79. The molecule has 8 nitrogen and oxygen atoms in total. The Hall–Kier alpha value is -2.84. The largest absolute Gasteiger partial charge is 0.504 e. The molecule has 0 heterocycles. The average molecular weight is 444 g/mol. The summed E-state index contributed by atoms with van der Waals surface area (Å²) in [5.41, 5.74) is 8.37. The molecule has 0 aromatic heterocycles. The van der Waals surface area contributed by atoms with Crippen molar-refractivity contribution in [2.45, 2.75) is 56.9 Å². The molecule has 3 rings (SSSR count). The van der Waals surface area contributed by atoms with Crippen LogP contribution in [0.5, 0.6) is 17.2 Å². The first-order chi connectivity index (χ1) is 15.5. The van der Waals surface area contributed by atoms with Gasteiger partial charge in [0.1, 0.15) is 12.4 Å². The highest BCUT2D eigenvalue weighted by molar-refractivity contribution is 5.51. The van der Waals surface area contributed by atoms with Gasteiger partial charge in [-0.1, -0.05) is 25.3 Å². The van der Waals surface area contributed by atoms with Gasteiger partial charge in [-0.3, -0.25) is 10.1 Å². The third kappa shape index (κ3) is 6.34. The number of hydrogen-bond acceptors (Lipinski definition) is 7. The molecule has 0 saturated carbocycles. The third-order valence-corrected chi connectivity index (χ3v) is 6.16. The number of nitro benzene ring substituents is 1. The molecule has 174 valence electrons. The van der Waals surface area contributed by atoms with E-state index in [0.717, 1.165) is 62.7 Å². The molecule has 0 bridgehead atoms. The minimum Gasteiger partial charge on any atom is -0.504 e. The Morgan fingerprint density at radius 3 is 2.56 bits per heavy atom. The number of phenols is 2. The number of unbranched alkanes of at least 4 members (excludes halogenated alkanes) is 3. The van der Waals surface area contributed by atoms with Crippen LogP contribution >= 0.6 is 0 Å². The summed E-state index contributed by atoms with van der Waals surface area (Å²) >= 11 is 0. The Bertz CT molecular complexity index is 888. The Labute approximate surface area is 188 Å². The molecule has 0 fully saturated rings. The van der Waals surface area contributed by atoms with Crippen molar-refractivity contribution in [3.8, 4) is 17.2 Å². The first kappa shape index (κ1) is 23.8. The van der Waals surface area contributed by atoms with E-state index in [0.29, 0.717) is 18.8 Å². The lowest BCUT2D eigenvalue weighted by molar-refractivity contribution is -0.384. The van der Waals surface area contributed by atoms with E-state index in [1.807, 2.05) is 6.07 Å². The van der Waals surface area contributed by atoms with Gasteiger partial charge in [0.15, 0.2) is 11.5 Å². The minimum absolute atomic E-state index is 0.0167. The number of nitrogens with zero attached hydrogens (tertiary/aromatic N) is 1. The highest BCUT2D eigenvalue weighted by Crippen LogP contribution is 2.42. The Kier molecular flexibility index (Phi) is 8.70. The molecule has 8 heteroatoms. The van der Waals surface area contributed by atoms with Crippen molar-refractivity contribution in [2.24, 2.45) is 5.73 Å². The summed E-state index contributed by atoms with van der Waals surface area (Å²) < 4.78 is 5.58. The van der Waals surface area contributed by atoms with Crippen LogP contribution in [0.25, 0.3) is 0 Å². The molecule has 1 aliphatic carbocycles. The maximum atomic E-state index is 10.6. The molecule has 2 aromatic rings. The second-order valence-electron chi connectivity index (χ2n) is 8.36. The Morgan fingerprint density at radius 2 is 1.81 bits per heavy atom. The molecule has 0 amide bonds. The first-order valence-corrected chi connectivity index (χ1v) is 11.3. The fourth-order valence-electron chi connectivity index (χ4n) is 4.36. The highest BCUT2D eigenvalue weighted by atomic mass is 16.6. The maximum absolute atomic E-state index is 10.6. The lowest BCUT2D eigenvalue weighted by atomic mass is 9.76. The number of rotatable bonds is 12. The molecule has 2 unspecified atom stereocenters. The van der Waals surface area contributed by atoms with Crippen molar-refractivity contribution in [3.63, 3.8) is 0 Å². The first-order valence-electron chi connectivity index (χ1n) is 11.3. The molecule has 32 heavy (non-hydrogen) atoms. The number of benzene rings is 2. The van der Waals surface area contributed by atoms with Crippen molar-refractivity contribution in [3.05, 3.63) is 57.6 Å². The summed E-state index contributed by atoms with van der Waals surface area (Å²) in [4.78, 5) is 10.2. The SMILES string of the molecule is NC1CCc2c(ccc(O)c2O)C1CCCCCCNCCOc1ccc([N+](=O)[O-])cc1. The van der Waals surface area contributed by atoms with Gasteiger partial charge in [0.2, 0.25) is 0 Å². The van der Waals surface area contributed by atoms with E-state index in [1.54, 1.807) is 18.2 Å². The number of nitrogens with two attached hydrogens (primary N) is 1. The fourth-order valence-corrected chi connectivity index (χ4v) is 4.36. The van der Waals surface area contributed by atoms with Crippen LogP contribution in [-0.2, 0) is 6.42 Å². The van der Waals surface area contributed by atoms with E-state index in [4.69, 9.17) is 10.5 Å². The van der Waals surface area contributed by atoms with Crippen LogP contribution < -0.4 is 15.8 Å². The van der Waals surface area contributed by atoms with Crippen molar-refractivity contribution in [1.82, 2.24) is 5.32 Å². The van der Waals surface area contributed by atoms with Crippen LogP contribution in [0.2, 0.25) is 0 Å². The Morgan fingerprint density at radius 1 is 1.06 bits per heavy atom. The summed E-state index contributed by atoms with van der Waals surface area (Å²) in [6.45, 7) is 2.16. The summed E-state index contributed by atoms with van der Waals surface area (Å²) in [6, 6.07) is 9.68. The molecule has 2 aromatic carbocycles. The third-order valence-electron chi connectivity index (χ3n) is 6.16. The van der Waals surface area contributed by atoms with Crippen molar-refractivity contribution >= 4 is 5.69 Å². The number of aromatic hydroxyl groups is 2. The molecule has 0 saturated heterocycles. The number of fused-ring (bicyclic) bond motifs is 1. The molecule has 0 radical (unpaired) electrons. The molecule has 1 aliphatic rings. The number of nitrogens with one attached hydrogen (secondary N) is 1. The van der Waals surface area contributed by atoms with Gasteiger partial charge in [0.05, 0.1) is 4.92 Å². The van der Waals surface area contributed by atoms with Gasteiger partial charge in [0.25, 0.3) is 5.69 Å². The summed E-state index contributed by atoms with van der Waals surface area (Å²) in [5.74, 6) is 0.829. The minimum atomic E-state index is -0.426. The zero-order valence-corrected chi connectivity index (χ0v) is 18.3. The topological polar surface area (TPSA) is 131 Å². The van der Waals surface area contributed by atoms with Gasteiger partial charge in [-0.2, -0.15) is 0 Å². The molecular weight excluding hydrogens is 410 g/mol. The second kappa shape index (κ2) is 11.7. The lowest BCUT2D eigenvalue weighted by Gasteiger charge is -2.32. The van der Waals surface area contributed by atoms with Crippen LogP contribution in [0.3, 0.4) is 0 Å². The molecular formula is C24H33N3O5. The predicted octanol–water partition coefficient (Wildman–Crippen LogP) is 3.98. The van der Waals surface area contributed by atoms with E-state index in [-0.39, 0.29) is 29.1 Å². The van der Waals surface area contributed by atoms with Gasteiger partial charge >= 0.3 is 0 Å². The van der Waals surface area contributed by atoms with Crippen molar-refractivity contribution in [1.29, 1.82) is 0 Å². The molecule has 5 N–H and O–H groups in total. The van der Waals surface area contributed by atoms with E-state index in [1.165, 1.54) is 12.1 Å². The standard InChI is InChI=1S/C24H33N3O5/c25-22-12-10-21-19(11-13-23(28)24(21)29)20(22)5-3-1-2-4-14-26-15-16-32-18-8-6-17(7-9-18)27(30)31/h6-9,11,13,20,22,26,28-29H,1-5,10,12,14-16,25H2. The monoisotopic (exact) mass is 443 g/mol. The van der Waals surface area contributed by atoms with Gasteiger partial charge in [-0.15, -0.1) is 0 Å². The second-order valence-corrected chi connectivity index (χ2v) is 8.36. The zero-order valence-electron chi connectivity index (χ0n) is 18.3. The molecule has 0 spiro atoms. The summed E-state index contributed by atoms with van der Waals surface area (Å²) in [5, 5.41) is 33.9. The van der Waals surface area contributed by atoms with Crippen molar-refractivity contribution in [2.75, 3.05) is 19.7 Å². The van der Waals surface area contributed by atoms with Gasteiger partial charge in [0, 0.05) is 30.3 Å². The number of nitro groups is 1. The van der Waals surface area contributed by atoms with Gasteiger partial charge in [-0.05, 0) is 61.9 Å². The van der Waals surface area contributed by atoms with Crippen LogP contribution in [0.4, 0.5) is 5.69 Å². The normalized spacial score (nSPS) is 17.7. The van der Waals surface area contributed by atoms with Crippen molar-refractivity contribution < 1.29 is 19.9 Å². The number of non-ortho nitro benzene ring substituents is 1. The number of hydrogen-bond donors (Lipinski definition) is 4. The summed E-state index contributed by atoms with van der Waals surface area (Å²) in [6.07, 6.45) is 6.97. The van der Waals surface area contributed by atoms with Crippen LogP contribution in [-0.4, -0.2) is 40.9 Å². The quantitative estimate of drug-likeness (QED) is 0.169. The lowest BCUT2D eigenvalue weighted by Crippen LogP contribution is -2.33. The summed E-state index contributed by atoms with van der Waals surface area (Å²) in [7, 11) is 0. The zero-order chi connectivity index (χ0) is 22.9. The van der Waals surface area contributed by atoms with Gasteiger partial charge in [-0.25, -0.2) is 0 Å². The smallest absolute Gasteiger partial charge is 0.269 e. The predicted molar refractivity (Wildman–Crippen MR) is 123 cm³/mol. The van der Waals surface area contributed by atoms with Crippen LogP contribution in [0, 0.1) is 10.1 Å². The van der Waals surface area contributed by atoms with Crippen LogP contribution in [0.1, 0.15) is 55.6 Å². The number of ether oxygens (including phenoxy) is 1. The van der Waals surface area contributed by atoms with E-state index >= 15 is 0 Å². The molecule has 2 atom stereocenters. The maximum Gasteiger partial charge on any atom is 0.269 e. The van der Waals surface area contributed by atoms with Gasteiger partial charge < -0.3 is 26.0 Å².